The van der Waals surface area contributed by atoms with Crippen LogP contribution in [0.5, 0.6) is 0 Å². The largest absolute Gasteiger partial charge is 0.356 e. The van der Waals surface area contributed by atoms with Crippen molar-refractivity contribution in [3.63, 3.8) is 0 Å². The van der Waals surface area contributed by atoms with E-state index in [2.05, 4.69) is 34.4 Å². The van der Waals surface area contributed by atoms with Crippen LogP contribution < -0.4 is 10.6 Å². The van der Waals surface area contributed by atoms with Gasteiger partial charge in [0.05, 0.1) is 5.92 Å². The fourth-order valence-corrected chi connectivity index (χ4v) is 3.03. The topological polar surface area (TPSA) is 47.6 Å². The lowest BCUT2D eigenvalue weighted by molar-refractivity contribution is -0.125. The van der Waals surface area contributed by atoms with E-state index in [0.717, 1.165) is 65.2 Å². The van der Waals surface area contributed by atoms with Crippen LogP contribution in [0, 0.1) is 11.8 Å². The van der Waals surface area contributed by atoms with Gasteiger partial charge in [-0.1, -0.05) is 6.92 Å². The molecule has 2 rings (SSSR count). The van der Waals surface area contributed by atoms with Crippen molar-refractivity contribution in [1.82, 2.24) is 20.4 Å². The molecule has 2 N–H and O–H groups in total. The third-order valence-corrected chi connectivity index (χ3v) is 4.46. The molecule has 0 aliphatic carbocycles. The predicted molar refractivity (Wildman–Crippen MR) is 103 cm³/mol. The minimum Gasteiger partial charge on any atom is -0.356 e. The molecule has 2 fully saturated rings. The van der Waals surface area contributed by atoms with E-state index in [4.69, 9.17) is 0 Å². The second-order valence-electron chi connectivity index (χ2n) is 6.50. The molecule has 5 nitrogen and oxygen atoms in total. The fraction of sp³-hybridized carbons (Fsp3) is 0.933. The first-order valence-corrected chi connectivity index (χ1v) is 8.04. The number of amides is 1. The van der Waals surface area contributed by atoms with Gasteiger partial charge in [0.25, 0.3) is 0 Å². The molecular formula is C15H33Cl3N4O. The van der Waals surface area contributed by atoms with E-state index in [9.17, 15) is 4.79 Å². The van der Waals surface area contributed by atoms with Gasteiger partial charge in [0, 0.05) is 45.8 Å². The van der Waals surface area contributed by atoms with Gasteiger partial charge in [0.2, 0.25) is 5.91 Å². The first kappa shape index (κ1) is 25.5. The van der Waals surface area contributed by atoms with E-state index < -0.39 is 0 Å². The van der Waals surface area contributed by atoms with Crippen molar-refractivity contribution in [1.29, 1.82) is 0 Å². The molecule has 1 amide bonds. The number of nitrogens with zero attached hydrogens (tertiary/aromatic N) is 2. The van der Waals surface area contributed by atoms with Gasteiger partial charge in [-0.25, -0.2) is 0 Å². The van der Waals surface area contributed by atoms with Crippen molar-refractivity contribution >= 4 is 43.1 Å². The Hall–Kier alpha value is 0.220. The zero-order valence-electron chi connectivity index (χ0n) is 14.3. The van der Waals surface area contributed by atoms with Crippen LogP contribution in [0.1, 0.15) is 19.8 Å². The molecule has 0 radical (unpaired) electrons. The molecule has 0 spiro atoms. The maximum absolute atomic E-state index is 12.1. The summed E-state index contributed by atoms with van der Waals surface area (Å²) in [5, 5.41) is 6.43. The first-order valence-electron chi connectivity index (χ1n) is 8.04. The van der Waals surface area contributed by atoms with E-state index in [1.54, 1.807) is 0 Å². The highest BCUT2D eigenvalue weighted by atomic mass is 35.5. The Morgan fingerprint density at radius 1 is 1.22 bits per heavy atom. The average Bonchev–Trinajstić information content (AvgIpc) is 2.48. The van der Waals surface area contributed by atoms with E-state index in [1.165, 1.54) is 0 Å². The van der Waals surface area contributed by atoms with Crippen LogP contribution in [0.25, 0.3) is 0 Å². The van der Waals surface area contributed by atoms with Crippen LogP contribution in [-0.2, 0) is 4.79 Å². The summed E-state index contributed by atoms with van der Waals surface area (Å²) in [4.78, 5) is 17.0. The summed E-state index contributed by atoms with van der Waals surface area (Å²) in [5.74, 6) is 0.945. The quantitative estimate of drug-likeness (QED) is 0.740. The van der Waals surface area contributed by atoms with E-state index >= 15 is 0 Å². The number of nitrogens with one attached hydrogen (secondary N) is 2. The van der Waals surface area contributed by atoms with E-state index in [-0.39, 0.29) is 49.0 Å². The molecule has 2 atom stereocenters. The third-order valence-electron chi connectivity index (χ3n) is 4.46. The Morgan fingerprint density at radius 2 is 1.87 bits per heavy atom. The van der Waals surface area contributed by atoms with Crippen LogP contribution in [0.3, 0.4) is 0 Å². The number of hydrogen-bond acceptors (Lipinski definition) is 4. The molecule has 2 unspecified atom stereocenters. The Balaban J connectivity index is 0. The van der Waals surface area contributed by atoms with Gasteiger partial charge in [0.15, 0.2) is 0 Å². The number of hydrogen-bond donors (Lipinski definition) is 2. The second-order valence-corrected chi connectivity index (χ2v) is 6.50. The van der Waals surface area contributed by atoms with Gasteiger partial charge in [0.1, 0.15) is 0 Å². The lowest BCUT2D eigenvalue weighted by Crippen LogP contribution is -2.47. The van der Waals surface area contributed by atoms with Crippen LogP contribution in [-0.4, -0.2) is 75.1 Å². The van der Waals surface area contributed by atoms with Crippen molar-refractivity contribution in [2.24, 2.45) is 11.8 Å². The van der Waals surface area contributed by atoms with Crippen molar-refractivity contribution in [2.45, 2.75) is 19.8 Å². The lowest BCUT2D eigenvalue weighted by Gasteiger charge is -2.34. The summed E-state index contributed by atoms with van der Waals surface area (Å²) < 4.78 is 0. The molecular weight excluding hydrogens is 359 g/mol. The van der Waals surface area contributed by atoms with E-state index in [0.29, 0.717) is 5.92 Å². The highest BCUT2D eigenvalue weighted by Crippen LogP contribution is 2.10. The molecule has 140 valence electrons. The van der Waals surface area contributed by atoms with Crippen LogP contribution in [0.15, 0.2) is 0 Å². The maximum Gasteiger partial charge on any atom is 0.224 e. The van der Waals surface area contributed by atoms with Gasteiger partial charge < -0.3 is 20.4 Å². The van der Waals surface area contributed by atoms with Gasteiger partial charge in [-0.05, 0) is 32.4 Å². The lowest BCUT2D eigenvalue weighted by atomic mass is 9.98. The van der Waals surface area contributed by atoms with Crippen LogP contribution in [0.4, 0.5) is 0 Å². The minimum atomic E-state index is 0. The molecule has 0 aromatic heterocycles. The Bertz CT molecular complexity index is 309. The normalized spacial score (nSPS) is 23.7. The monoisotopic (exact) mass is 390 g/mol. The molecule has 0 aromatic rings. The fourth-order valence-electron chi connectivity index (χ4n) is 3.03. The van der Waals surface area contributed by atoms with Crippen molar-refractivity contribution < 1.29 is 4.79 Å². The minimum absolute atomic E-state index is 0. The SMILES string of the molecule is CC(CNC(=O)C1CCCNC1)CN1CCN(C)CC1.Cl.Cl.Cl. The summed E-state index contributed by atoms with van der Waals surface area (Å²) in [5.41, 5.74) is 0. The Labute approximate surface area is 159 Å². The molecule has 2 saturated heterocycles. The molecule has 0 aromatic carbocycles. The van der Waals surface area contributed by atoms with Crippen molar-refractivity contribution in [3.8, 4) is 0 Å². The summed E-state index contributed by atoms with van der Waals surface area (Å²) in [6.07, 6.45) is 2.15. The number of likely N-dealkylation sites (N-methyl/N-ethyl adjacent to an activating group) is 1. The molecule has 8 heteroatoms. The molecule has 0 bridgehead atoms. The number of rotatable bonds is 5. The zero-order chi connectivity index (χ0) is 14.4. The number of carbonyl (C=O) groups is 1. The van der Waals surface area contributed by atoms with Gasteiger partial charge in [-0.3, -0.25) is 4.79 Å². The van der Waals surface area contributed by atoms with Gasteiger partial charge in [-0.15, -0.1) is 37.2 Å². The summed E-state index contributed by atoms with van der Waals surface area (Å²) in [6, 6.07) is 0. The zero-order valence-corrected chi connectivity index (χ0v) is 16.7. The molecule has 2 aliphatic heterocycles. The molecule has 0 saturated carbocycles. The highest BCUT2D eigenvalue weighted by molar-refractivity contribution is 5.86. The predicted octanol–water partition coefficient (Wildman–Crippen LogP) is 1.25. The maximum atomic E-state index is 12.1. The first-order chi connectivity index (χ1) is 9.65. The summed E-state index contributed by atoms with van der Waals surface area (Å²) in [6.45, 7) is 10.7. The summed E-state index contributed by atoms with van der Waals surface area (Å²) >= 11 is 0. The smallest absolute Gasteiger partial charge is 0.224 e. The third kappa shape index (κ3) is 9.32. The molecule has 23 heavy (non-hydrogen) atoms. The number of piperazine rings is 1. The van der Waals surface area contributed by atoms with Crippen LogP contribution >= 0.6 is 37.2 Å². The average molecular weight is 392 g/mol. The summed E-state index contributed by atoms with van der Waals surface area (Å²) in [7, 11) is 2.18. The van der Waals surface area contributed by atoms with Gasteiger partial charge >= 0.3 is 0 Å². The Morgan fingerprint density at radius 3 is 2.43 bits per heavy atom. The van der Waals surface area contributed by atoms with E-state index in [1.807, 2.05) is 0 Å². The van der Waals surface area contributed by atoms with Gasteiger partial charge in [-0.2, -0.15) is 0 Å². The number of piperidine rings is 1. The van der Waals surface area contributed by atoms with Crippen molar-refractivity contribution in [2.75, 3.05) is 59.4 Å². The number of halogens is 3. The highest BCUT2D eigenvalue weighted by Gasteiger charge is 2.21. The number of carbonyl (C=O) groups excluding carboxylic acids is 1. The standard InChI is InChI=1S/C15H30N4O.3ClH/c1-13(12-19-8-6-18(2)7-9-19)10-17-15(20)14-4-3-5-16-11-14;;;/h13-14,16H,3-12H2,1-2H3,(H,17,20);3*1H. The Kier molecular flexibility index (Phi) is 14.9. The molecule has 2 aliphatic rings. The van der Waals surface area contributed by atoms with Crippen LogP contribution in [0.2, 0.25) is 0 Å². The van der Waals surface area contributed by atoms with Crippen molar-refractivity contribution in [3.05, 3.63) is 0 Å². The molecule has 2 heterocycles. The second kappa shape index (κ2) is 13.5.